The first kappa shape index (κ1) is 17.0. The third-order valence-electron chi connectivity index (χ3n) is 3.71. The van der Waals surface area contributed by atoms with Crippen molar-refractivity contribution >= 4 is 21.8 Å². The largest absolute Gasteiger partial charge is 0.479 e. The predicted octanol–water partition coefficient (Wildman–Crippen LogP) is 1.25. The second-order valence-corrected chi connectivity index (χ2v) is 7.58. The van der Waals surface area contributed by atoms with E-state index in [1.807, 2.05) is 6.07 Å². The van der Waals surface area contributed by atoms with Gasteiger partial charge in [-0.1, -0.05) is 12.1 Å². The summed E-state index contributed by atoms with van der Waals surface area (Å²) in [7, 11) is -1.39. The van der Waals surface area contributed by atoms with Crippen LogP contribution < -0.4 is 4.74 Å². The lowest BCUT2D eigenvalue weighted by Gasteiger charge is -2.21. The lowest BCUT2D eigenvalue weighted by Crippen LogP contribution is -2.36. The lowest BCUT2D eigenvalue weighted by atomic mass is 10.2. The van der Waals surface area contributed by atoms with Crippen molar-refractivity contribution < 1.29 is 17.9 Å². The van der Waals surface area contributed by atoms with Gasteiger partial charge in [-0.3, -0.25) is 4.79 Å². The van der Waals surface area contributed by atoms with E-state index in [1.165, 1.54) is 11.0 Å². The molecule has 1 aliphatic heterocycles. The molecule has 0 N–H and O–H groups in total. The van der Waals surface area contributed by atoms with Gasteiger partial charge in [-0.05, 0) is 30.2 Å². The molecule has 1 saturated heterocycles. The van der Waals surface area contributed by atoms with Crippen molar-refractivity contribution in [2.75, 3.05) is 25.2 Å². The maximum absolute atomic E-state index is 12.1. The van der Waals surface area contributed by atoms with Gasteiger partial charge in [-0.2, -0.15) is 5.26 Å². The normalized spacial score (nSPS) is 19.4. The van der Waals surface area contributed by atoms with Gasteiger partial charge in [0.25, 0.3) is 0 Å². The number of sulfone groups is 1. The first-order chi connectivity index (χ1) is 10.9. The second kappa shape index (κ2) is 7.29. The molecule has 1 aromatic carbocycles. The molecule has 0 unspecified atom stereocenters. The van der Waals surface area contributed by atoms with Gasteiger partial charge in [-0.25, -0.2) is 8.42 Å². The molecule has 6 nitrogen and oxygen atoms in total. The number of nitrogens with zero attached hydrogens (tertiary/aromatic N) is 2. The van der Waals surface area contributed by atoms with E-state index < -0.39 is 9.84 Å². The highest BCUT2D eigenvalue weighted by atomic mass is 32.2. The lowest BCUT2D eigenvalue weighted by molar-refractivity contribution is -0.126. The molecule has 0 aliphatic carbocycles. The molecule has 0 saturated carbocycles. The average Bonchev–Trinajstić information content (AvgIpc) is 2.90. The van der Waals surface area contributed by atoms with Crippen LogP contribution in [-0.4, -0.2) is 50.4 Å². The zero-order valence-electron chi connectivity index (χ0n) is 12.8. The average molecular weight is 334 g/mol. The maximum Gasteiger partial charge on any atom is 0.246 e. The quantitative estimate of drug-likeness (QED) is 0.756. The van der Waals surface area contributed by atoms with Crippen molar-refractivity contribution in [3.05, 3.63) is 35.9 Å². The Morgan fingerprint density at radius 1 is 1.43 bits per heavy atom. The Balaban J connectivity index is 1.94. The van der Waals surface area contributed by atoms with E-state index in [0.29, 0.717) is 12.2 Å². The van der Waals surface area contributed by atoms with Crippen molar-refractivity contribution in [1.29, 1.82) is 5.26 Å². The van der Waals surface area contributed by atoms with Gasteiger partial charge in [0.1, 0.15) is 11.8 Å². The van der Waals surface area contributed by atoms with Crippen molar-refractivity contribution in [3.63, 3.8) is 0 Å². The third kappa shape index (κ3) is 4.83. The van der Waals surface area contributed by atoms with Crippen LogP contribution in [-0.2, 0) is 14.6 Å². The topological polar surface area (TPSA) is 87.5 Å². The van der Waals surface area contributed by atoms with Crippen LogP contribution in [0.5, 0.6) is 5.75 Å². The summed E-state index contributed by atoms with van der Waals surface area (Å²) in [6.45, 7) is -0.0111. The number of hydrogen-bond acceptors (Lipinski definition) is 5. The number of ether oxygens (including phenoxy) is 1. The van der Waals surface area contributed by atoms with Crippen LogP contribution in [0.25, 0.3) is 6.08 Å². The summed E-state index contributed by atoms with van der Waals surface area (Å²) in [5, 5.41) is 8.44. The first-order valence-electron chi connectivity index (χ1n) is 7.16. The van der Waals surface area contributed by atoms with Crippen LogP contribution in [0, 0.1) is 11.3 Å². The van der Waals surface area contributed by atoms with Gasteiger partial charge in [-0.15, -0.1) is 0 Å². The Kier molecular flexibility index (Phi) is 5.40. The molecule has 1 heterocycles. The molecule has 0 aromatic heterocycles. The standard InChI is InChI=1S/C16H18N2O4S/c1-18(14-8-11-23(20,21)12-14)16(19)7-4-13-2-5-15(6-3-13)22-10-9-17/h2-7,14H,8,10-12H2,1H3/b7-4-/t14-/m1/s1. The van der Waals surface area contributed by atoms with E-state index in [-0.39, 0.29) is 30.1 Å². The molecular weight excluding hydrogens is 316 g/mol. The second-order valence-electron chi connectivity index (χ2n) is 5.36. The van der Waals surface area contributed by atoms with E-state index in [9.17, 15) is 13.2 Å². The molecule has 0 spiro atoms. The SMILES string of the molecule is CN(C(=O)/C=C\c1ccc(OCC#N)cc1)[C@@H]1CCS(=O)(=O)C1. The molecule has 122 valence electrons. The molecule has 2 rings (SSSR count). The molecule has 1 amide bonds. The minimum Gasteiger partial charge on any atom is -0.479 e. The predicted molar refractivity (Wildman–Crippen MR) is 86.4 cm³/mol. The molecule has 1 aromatic rings. The highest BCUT2D eigenvalue weighted by Gasteiger charge is 2.31. The summed E-state index contributed by atoms with van der Waals surface area (Å²) < 4.78 is 28.1. The number of likely N-dealkylation sites (N-methyl/N-ethyl adjacent to an activating group) is 1. The van der Waals surface area contributed by atoms with Gasteiger partial charge in [0, 0.05) is 19.2 Å². The molecule has 23 heavy (non-hydrogen) atoms. The van der Waals surface area contributed by atoms with Crippen molar-refractivity contribution in [1.82, 2.24) is 4.90 Å². The minimum absolute atomic E-state index is 0.0111. The van der Waals surface area contributed by atoms with E-state index >= 15 is 0 Å². The Hall–Kier alpha value is -2.33. The van der Waals surface area contributed by atoms with E-state index in [1.54, 1.807) is 37.4 Å². The molecule has 0 bridgehead atoms. The summed E-state index contributed by atoms with van der Waals surface area (Å²) in [5.41, 5.74) is 0.815. The fourth-order valence-electron chi connectivity index (χ4n) is 2.34. The van der Waals surface area contributed by atoms with Crippen molar-refractivity contribution in [2.24, 2.45) is 0 Å². The number of amides is 1. The van der Waals surface area contributed by atoms with Crippen molar-refractivity contribution in [2.45, 2.75) is 12.5 Å². The number of carbonyl (C=O) groups is 1. The van der Waals surface area contributed by atoms with Gasteiger partial charge < -0.3 is 9.64 Å². The van der Waals surface area contributed by atoms with Crippen molar-refractivity contribution in [3.8, 4) is 11.8 Å². The Bertz CT molecular complexity index is 732. The summed E-state index contributed by atoms with van der Waals surface area (Å²) >= 11 is 0. The van der Waals surface area contributed by atoms with Crippen LogP contribution in [0.3, 0.4) is 0 Å². The summed E-state index contributed by atoms with van der Waals surface area (Å²) in [5.74, 6) is 0.539. The molecule has 1 atom stereocenters. The van der Waals surface area contributed by atoms with E-state index in [2.05, 4.69) is 0 Å². The van der Waals surface area contributed by atoms with Crippen LogP contribution in [0.4, 0.5) is 0 Å². The zero-order chi connectivity index (χ0) is 16.9. The van der Waals surface area contributed by atoms with Crippen LogP contribution in [0.1, 0.15) is 12.0 Å². The molecule has 1 fully saturated rings. The van der Waals surface area contributed by atoms with Gasteiger partial charge >= 0.3 is 0 Å². The first-order valence-corrected chi connectivity index (χ1v) is 8.98. The van der Waals surface area contributed by atoms with Crippen LogP contribution >= 0.6 is 0 Å². The third-order valence-corrected chi connectivity index (χ3v) is 5.46. The molecule has 0 radical (unpaired) electrons. The molecule has 1 aliphatic rings. The fraction of sp³-hybridized carbons (Fsp3) is 0.375. The number of benzene rings is 1. The van der Waals surface area contributed by atoms with Gasteiger partial charge in [0.05, 0.1) is 11.5 Å². The highest BCUT2D eigenvalue weighted by molar-refractivity contribution is 7.91. The summed E-state index contributed by atoms with van der Waals surface area (Å²) in [6, 6.07) is 8.62. The number of rotatable bonds is 5. The minimum atomic E-state index is -3.01. The number of carbonyl (C=O) groups excluding carboxylic acids is 1. The zero-order valence-corrected chi connectivity index (χ0v) is 13.6. The monoisotopic (exact) mass is 334 g/mol. The smallest absolute Gasteiger partial charge is 0.246 e. The number of nitriles is 1. The Morgan fingerprint density at radius 2 is 2.13 bits per heavy atom. The molecular formula is C16H18N2O4S. The number of hydrogen-bond donors (Lipinski definition) is 0. The van der Waals surface area contributed by atoms with Gasteiger partial charge in [0.15, 0.2) is 16.4 Å². The highest BCUT2D eigenvalue weighted by Crippen LogP contribution is 2.17. The van der Waals surface area contributed by atoms with Gasteiger partial charge in [0.2, 0.25) is 5.91 Å². The van der Waals surface area contributed by atoms with E-state index in [0.717, 1.165) is 5.56 Å². The van der Waals surface area contributed by atoms with E-state index in [4.69, 9.17) is 10.00 Å². The van der Waals surface area contributed by atoms with Crippen LogP contribution in [0.15, 0.2) is 30.3 Å². The summed E-state index contributed by atoms with van der Waals surface area (Å²) in [6.07, 6.45) is 3.58. The van der Waals surface area contributed by atoms with Crippen LogP contribution in [0.2, 0.25) is 0 Å². The Labute approximate surface area is 135 Å². The maximum atomic E-state index is 12.1. The summed E-state index contributed by atoms with van der Waals surface area (Å²) in [4.78, 5) is 13.6. The molecule has 7 heteroatoms. The fourth-order valence-corrected chi connectivity index (χ4v) is 4.11. The Morgan fingerprint density at radius 3 is 2.70 bits per heavy atom.